The van der Waals surface area contributed by atoms with Crippen LogP contribution in [0.4, 0.5) is 0 Å². The van der Waals surface area contributed by atoms with Gasteiger partial charge < -0.3 is 5.73 Å². The quantitative estimate of drug-likeness (QED) is 0.810. The van der Waals surface area contributed by atoms with E-state index in [9.17, 15) is 0 Å². The van der Waals surface area contributed by atoms with E-state index in [0.717, 1.165) is 45.6 Å². The molecular weight excluding hydrogens is 276 g/mol. The number of thiazole rings is 1. The fraction of sp³-hybridized carbons (Fsp3) is 0.692. The van der Waals surface area contributed by atoms with Crippen LogP contribution < -0.4 is 5.73 Å². The van der Waals surface area contributed by atoms with E-state index >= 15 is 0 Å². The van der Waals surface area contributed by atoms with Crippen LogP contribution >= 0.6 is 23.6 Å². The summed E-state index contributed by atoms with van der Waals surface area (Å²) in [5.74, 6) is 0. The summed E-state index contributed by atoms with van der Waals surface area (Å²) < 4.78 is 0. The molecule has 2 heterocycles. The summed E-state index contributed by atoms with van der Waals surface area (Å²) in [6.07, 6.45) is 4.07. The number of aromatic nitrogens is 1. The Morgan fingerprint density at radius 3 is 2.74 bits per heavy atom. The summed E-state index contributed by atoms with van der Waals surface area (Å²) in [5.41, 5.74) is 5.87. The van der Waals surface area contributed by atoms with Crippen LogP contribution in [0.15, 0.2) is 11.6 Å². The Morgan fingerprint density at radius 2 is 2.21 bits per heavy atom. The number of thiocarbonyl (C=S) groups is 1. The molecule has 0 aromatic carbocycles. The van der Waals surface area contributed by atoms with Crippen LogP contribution in [0.5, 0.6) is 0 Å². The van der Waals surface area contributed by atoms with E-state index in [1.54, 1.807) is 11.3 Å². The molecule has 2 rings (SSSR count). The summed E-state index contributed by atoms with van der Waals surface area (Å²) >= 11 is 6.93. The number of piperazine rings is 1. The molecule has 0 spiro atoms. The second-order valence-corrected chi connectivity index (χ2v) is 6.40. The first kappa shape index (κ1) is 14.8. The first-order chi connectivity index (χ1) is 9.20. The third-order valence-corrected chi connectivity index (χ3v) is 4.62. The van der Waals surface area contributed by atoms with Gasteiger partial charge in [-0.3, -0.25) is 9.80 Å². The van der Waals surface area contributed by atoms with E-state index in [2.05, 4.69) is 21.7 Å². The molecule has 106 valence electrons. The molecule has 4 nitrogen and oxygen atoms in total. The van der Waals surface area contributed by atoms with Crippen LogP contribution in [0.2, 0.25) is 0 Å². The molecule has 1 aliphatic rings. The van der Waals surface area contributed by atoms with E-state index in [1.165, 1.54) is 5.01 Å². The van der Waals surface area contributed by atoms with Crippen LogP contribution in [0, 0.1) is 0 Å². The average molecular weight is 298 g/mol. The Bertz CT molecular complexity index is 385. The van der Waals surface area contributed by atoms with Gasteiger partial charge in [-0.1, -0.05) is 25.6 Å². The van der Waals surface area contributed by atoms with Crippen molar-refractivity contribution in [1.29, 1.82) is 0 Å². The van der Waals surface area contributed by atoms with Crippen LogP contribution in [0.1, 0.15) is 24.8 Å². The molecule has 6 heteroatoms. The number of nitrogens with two attached hydrogens (primary N) is 1. The summed E-state index contributed by atoms with van der Waals surface area (Å²) in [4.78, 5) is 9.88. The van der Waals surface area contributed by atoms with Gasteiger partial charge in [0.25, 0.3) is 0 Å². The minimum absolute atomic E-state index is 0.280. The Kier molecular flexibility index (Phi) is 5.69. The summed E-state index contributed by atoms with van der Waals surface area (Å²) in [6.45, 7) is 7.40. The smallest absolute Gasteiger partial charge is 0.107 e. The van der Waals surface area contributed by atoms with Crippen LogP contribution in [-0.4, -0.2) is 52.0 Å². The van der Waals surface area contributed by atoms with Gasteiger partial charge >= 0.3 is 0 Å². The Morgan fingerprint density at radius 1 is 1.47 bits per heavy atom. The van der Waals surface area contributed by atoms with Gasteiger partial charge in [-0.15, -0.1) is 11.3 Å². The molecule has 0 radical (unpaired) electrons. The van der Waals surface area contributed by atoms with Crippen molar-refractivity contribution >= 4 is 28.5 Å². The Hall–Kier alpha value is -0.560. The molecule has 1 atom stereocenters. The zero-order valence-electron chi connectivity index (χ0n) is 11.4. The summed E-state index contributed by atoms with van der Waals surface area (Å²) in [7, 11) is 0. The van der Waals surface area contributed by atoms with Crippen LogP contribution in [0.3, 0.4) is 0 Å². The van der Waals surface area contributed by atoms with Crippen molar-refractivity contribution in [3.63, 3.8) is 0 Å². The number of rotatable bonds is 6. The molecule has 0 saturated carbocycles. The van der Waals surface area contributed by atoms with Crippen molar-refractivity contribution < 1.29 is 0 Å². The molecule has 1 fully saturated rings. The minimum Gasteiger partial charge on any atom is -0.392 e. The van der Waals surface area contributed by atoms with E-state index in [4.69, 9.17) is 18.0 Å². The van der Waals surface area contributed by atoms with Crippen molar-refractivity contribution in [3.8, 4) is 0 Å². The normalized spacial score (nSPS) is 19.4. The van der Waals surface area contributed by atoms with Crippen molar-refractivity contribution in [2.75, 3.05) is 26.2 Å². The highest BCUT2D eigenvalue weighted by atomic mass is 32.1. The topological polar surface area (TPSA) is 45.4 Å². The van der Waals surface area contributed by atoms with E-state index < -0.39 is 0 Å². The summed E-state index contributed by atoms with van der Waals surface area (Å²) in [5, 5.41) is 3.24. The Labute approximate surface area is 124 Å². The highest BCUT2D eigenvalue weighted by Crippen LogP contribution is 2.14. The fourth-order valence-electron chi connectivity index (χ4n) is 2.53. The molecule has 0 aliphatic carbocycles. The van der Waals surface area contributed by atoms with Crippen molar-refractivity contribution in [2.24, 2.45) is 5.73 Å². The van der Waals surface area contributed by atoms with Crippen molar-refractivity contribution in [1.82, 2.24) is 14.8 Å². The molecule has 1 aromatic rings. The van der Waals surface area contributed by atoms with E-state index in [-0.39, 0.29) is 6.04 Å². The third-order valence-electron chi connectivity index (χ3n) is 3.58. The molecule has 1 aliphatic heterocycles. The predicted molar refractivity (Wildman–Crippen MR) is 84.4 cm³/mol. The van der Waals surface area contributed by atoms with Gasteiger partial charge in [-0.25, -0.2) is 4.98 Å². The highest BCUT2D eigenvalue weighted by molar-refractivity contribution is 7.80. The molecule has 0 amide bonds. The zero-order valence-corrected chi connectivity index (χ0v) is 13.1. The van der Waals surface area contributed by atoms with Gasteiger partial charge in [0.2, 0.25) is 0 Å². The molecule has 1 aromatic heterocycles. The monoisotopic (exact) mass is 298 g/mol. The van der Waals surface area contributed by atoms with E-state index in [0.29, 0.717) is 4.99 Å². The Balaban J connectivity index is 1.82. The molecule has 19 heavy (non-hydrogen) atoms. The zero-order chi connectivity index (χ0) is 13.7. The van der Waals surface area contributed by atoms with Crippen LogP contribution in [-0.2, 0) is 6.54 Å². The maximum Gasteiger partial charge on any atom is 0.107 e. The van der Waals surface area contributed by atoms with E-state index in [1.807, 2.05) is 11.6 Å². The second-order valence-electron chi connectivity index (χ2n) is 4.94. The first-order valence-corrected chi connectivity index (χ1v) is 8.13. The highest BCUT2D eigenvalue weighted by Gasteiger charge is 2.25. The number of hydrogen-bond donors (Lipinski definition) is 1. The lowest BCUT2D eigenvalue weighted by Crippen LogP contribution is -2.53. The van der Waals surface area contributed by atoms with Gasteiger partial charge in [0, 0.05) is 37.8 Å². The van der Waals surface area contributed by atoms with Crippen molar-refractivity contribution in [2.45, 2.75) is 32.4 Å². The fourth-order valence-corrected chi connectivity index (χ4v) is 3.46. The maximum atomic E-state index is 5.87. The third kappa shape index (κ3) is 4.21. The number of nitrogens with zero attached hydrogens (tertiary/aromatic N) is 3. The van der Waals surface area contributed by atoms with Gasteiger partial charge in [-0.2, -0.15) is 0 Å². The van der Waals surface area contributed by atoms with Gasteiger partial charge in [0.1, 0.15) is 5.01 Å². The maximum absolute atomic E-state index is 5.87. The lowest BCUT2D eigenvalue weighted by atomic mass is 10.1. The van der Waals surface area contributed by atoms with Gasteiger partial charge in [-0.05, 0) is 6.42 Å². The number of hydrogen-bond acceptors (Lipinski definition) is 5. The summed E-state index contributed by atoms with van der Waals surface area (Å²) in [6, 6.07) is 0.280. The van der Waals surface area contributed by atoms with Crippen molar-refractivity contribution in [3.05, 3.63) is 16.6 Å². The lowest BCUT2D eigenvalue weighted by molar-refractivity contribution is 0.110. The molecule has 1 unspecified atom stereocenters. The lowest BCUT2D eigenvalue weighted by Gasteiger charge is -2.38. The van der Waals surface area contributed by atoms with Crippen LogP contribution in [0.25, 0.3) is 0 Å². The van der Waals surface area contributed by atoms with Gasteiger partial charge in [0.15, 0.2) is 0 Å². The van der Waals surface area contributed by atoms with Gasteiger partial charge in [0.05, 0.1) is 17.6 Å². The predicted octanol–water partition coefficient (Wildman–Crippen LogP) is 1.72. The molecule has 2 N–H and O–H groups in total. The molecular formula is C13H22N4S2. The minimum atomic E-state index is 0.280. The second kappa shape index (κ2) is 7.28. The first-order valence-electron chi connectivity index (χ1n) is 6.84. The molecule has 0 bridgehead atoms. The average Bonchev–Trinajstić information content (AvgIpc) is 2.90. The SMILES string of the molecule is CCCC(C(N)=S)N1CCN(Cc2nccs2)CC1. The molecule has 1 saturated heterocycles. The standard InChI is InChI=1S/C13H22N4S2/c1-2-3-11(13(14)18)17-7-5-16(6-8-17)10-12-15-4-9-19-12/h4,9,11H,2-3,5-8,10H2,1H3,(H2,14,18). The largest absolute Gasteiger partial charge is 0.392 e.